The summed E-state index contributed by atoms with van der Waals surface area (Å²) in [6.45, 7) is 7.63. The highest BCUT2D eigenvalue weighted by atomic mass is 32.2. The maximum Gasteiger partial charge on any atom is 0.251 e. The lowest BCUT2D eigenvalue weighted by Gasteiger charge is -2.29. The maximum absolute atomic E-state index is 12.7. The van der Waals surface area contributed by atoms with Gasteiger partial charge < -0.3 is 20.8 Å². The summed E-state index contributed by atoms with van der Waals surface area (Å²) in [6.07, 6.45) is -0.152. The van der Waals surface area contributed by atoms with Crippen LogP contribution in [0.4, 0.5) is 8.78 Å². The van der Waals surface area contributed by atoms with Gasteiger partial charge in [-0.05, 0) is 85.2 Å². The van der Waals surface area contributed by atoms with Crippen LogP contribution in [0.3, 0.4) is 0 Å². The number of rotatable bonds is 11. The zero-order valence-electron chi connectivity index (χ0n) is 24.8. The summed E-state index contributed by atoms with van der Waals surface area (Å²) in [6, 6.07) is 20.2. The summed E-state index contributed by atoms with van der Waals surface area (Å²) in [7, 11) is 0. The van der Waals surface area contributed by atoms with Crippen molar-refractivity contribution in [1.29, 1.82) is 0 Å². The minimum absolute atomic E-state index is 0.153. The maximum atomic E-state index is 12.7. The highest BCUT2D eigenvalue weighted by Crippen LogP contribution is 2.26. The molecule has 3 atom stereocenters. The Morgan fingerprint density at radius 1 is 0.907 bits per heavy atom. The summed E-state index contributed by atoms with van der Waals surface area (Å²) >= 11 is 1.70. The average molecular weight is 614 g/mol. The number of benzene rings is 3. The van der Waals surface area contributed by atoms with Crippen LogP contribution in [0, 0.1) is 30.4 Å². The van der Waals surface area contributed by atoms with E-state index in [2.05, 4.69) is 14.9 Å². The van der Waals surface area contributed by atoms with Crippen molar-refractivity contribution in [3.63, 3.8) is 0 Å². The number of aliphatic hydroxyl groups is 2. The number of hydrogen-bond acceptors (Lipinski definition) is 6. The van der Waals surface area contributed by atoms with Gasteiger partial charge in [-0.2, -0.15) is 0 Å². The quantitative estimate of drug-likeness (QED) is 0.225. The van der Waals surface area contributed by atoms with Gasteiger partial charge in [0.15, 0.2) is 0 Å². The number of amides is 2. The van der Waals surface area contributed by atoms with Crippen molar-refractivity contribution in [2.75, 3.05) is 19.6 Å². The Labute approximate surface area is 256 Å². The van der Waals surface area contributed by atoms with Crippen molar-refractivity contribution in [3.05, 3.63) is 101 Å². The molecule has 0 spiro atoms. The molecule has 0 bridgehead atoms. The van der Waals surface area contributed by atoms with Gasteiger partial charge in [0.25, 0.3) is 5.91 Å². The van der Waals surface area contributed by atoms with Gasteiger partial charge in [0.1, 0.15) is 11.6 Å². The van der Waals surface area contributed by atoms with Crippen LogP contribution in [0.2, 0.25) is 0 Å². The van der Waals surface area contributed by atoms with Crippen LogP contribution in [-0.4, -0.2) is 58.2 Å². The van der Waals surface area contributed by atoms with E-state index in [1.807, 2.05) is 56.3 Å². The van der Waals surface area contributed by atoms with Crippen molar-refractivity contribution in [3.8, 4) is 0 Å². The summed E-state index contributed by atoms with van der Waals surface area (Å²) in [4.78, 5) is 26.3. The van der Waals surface area contributed by atoms with E-state index < -0.39 is 29.8 Å². The third kappa shape index (κ3) is 11.4. The molecule has 0 aromatic heterocycles. The van der Waals surface area contributed by atoms with E-state index in [9.17, 15) is 28.6 Å². The first kappa shape index (κ1) is 34.2. The molecule has 1 heterocycles. The topological polar surface area (TPSA) is 102 Å². The average Bonchev–Trinajstić information content (AvgIpc) is 3.48. The molecule has 1 saturated heterocycles. The first-order valence-corrected chi connectivity index (χ1v) is 15.2. The van der Waals surface area contributed by atoms with Gasteiger partial charge >= 0.3 is 0 Å². The zero-order chi connectivity index (χ0) is 31.4. The molecular formula is C33H41F2N3O4S. The van der Waals surface area contributed by atoms with Gasteiger partial charge in [0.2, 0.25) is 5.91 Å². The first-order chi connectivity index (χ1) is 20.5. The van der Waals surface area contributed by atoms with Crippen LogP contribution in [0.5, 0.6) is 0 Å². The van der Waals surface area contributed by atoms with E-state index in [1.165, 1.54) is 25.0 Å². The molecule has 0 radical (unpaired) electrons. The number of aryl methyl sites for hydroxylation is 1. The molecule has 10 heteroatoms. The van der Waals surface area contributed by atoms with E-state index in [0.717, 1.165) is 29.6 Å². The number of carbonyl (C=O) groups is 2. The summed E-state index contributed by atoms with van der Waals surface area (Å²) in [5, 5.41) is 26.7. The molecule has 1 aliphatic rings. The number of aliphatic hydroxyl groups excluding tert-OH is 2. The molecule has 3 unspecified atom stereocenters. The highest BCUT2D eigenvalue weighted by Gasteiger charge is 2.34. The fraction of sp³-hybridized carbons (Fsp3) is 0.394. The lowest BCUT2D eigenvalue weighted by atomic mass is 9.86. The molecule has 43 heavy (non-hydrogen) atoms. The van der Waals surface area contributed by atoms with Gasteiger partial charge in [-0.1, -0.05) is 44.2 Å². The predicted molar refractivity (Wildman–Crippen MR) is 165 cm³/mol. The van der Waals surface area contributed by atoms with Crippen LogP contribution >= 0.6 is 11.9 Å². The van der Waals surface area contributed by atoms with Gasteiger partial charge in [0.05, 0.1) is 18.1 Å². The third-order valence-electron chi connectivity index (χ3n) is 6.99. The Hall–Kier alpha value is -3.31. The monoisotopic (exact) mass is 613 g/mol. The van der Waals surface area contributed by atoms with Gasteiger partial charge in [-0.15, -0.1) is 0 Å². The Morgan fingerprint density at radius 3 is 2.07 bits per heavy atom. The highest BCUT2D eigenvalue weighted by molar-refractivity contribution is 7.97. The number of nitrogens with zero attached hydrogens (tertiary/aromatic N) is 1. The lowest BCUT2D eigenvalue weighted by Crippen LogP contribution is -2.49. The Balaban J connectivity index is 0.000000480. The fourth-order valence-electron chi connectivity index (χ4n) is 4.70. The predicted octanol–water partition coefficient (Wildman–Crippen LogP) is 5.10. The Morgan fingerprint density at radius 2 is 1.51 bits per heavy atom. The molecule has 1 aliphatic heterocycles. The van der Waals surface area contributed by atoms with Crippen molar-refractivity contribution in [2.24, 2.45) is 11.8 Å². The summed E-state index contributed by atoms with van der Waals surface area (Å²) in [5.41, 5.74) is 2.03. The third-order valence-corrected chi connectivity index (χ3v) is 8.09. The number of nitrogens with one attached hydrogen (secondary N) is 2. The van der Waals surface area contributed by atoms with E-state index in [1.54, 1.807) is 31.0 Å². The Kier molecular flexibility index (Phi) is 13.6. The second-order valence-electron chi connectivity index (χ2n) is 10.9. The number of carbonyl (C=O) groups excluding carboxylic acids is 2. The van der Waals surface area contributed by atoms with Crippen LogP contribution in [0.15, 0.2) is 77.7 Å². The number of hydrogen-bond donors (Lipinski definition) is 4. The van der Waals surface area contributed by atoms with E-state index in [4.69, 9.17) is 0 Å². The van der Waals surface area contributed by atoms with Crippen molar-refractivity contribution >= 4 is 23.8 Å². The van der Waals surface area contributed by atoms with Gasteiger partial charge in [-0.3, -0.25) is 9.59 Å². The van der Waals surface area contributed by atoms with Crippen LogP contribution in [-0.2, 0) is 11.3 Å². The van der Waals surface area contributed by atoms with Crippen molar-refractivity contribution in [1.82, 2.24) is 14.9 Å². The minimum atomic E-state index is -1.31. The van der Waals surface area contributed by atoms with E-state index in [0.29, 0.717) is 17.7 Å². The van der Waals surface area contributed by atoms with E-state index in [-0.39, 0.29) is 24.3 Å². The van der Waals surface area contributed by atoms with Crippen LogP contribution in [0.25, 0.3) is 0 Å². The molecule has 0 saturated carbocycles. The van der Waals surface area contributed by atoms with Crippen LogP contribution in [0.1, 0.15) is 48.2 Å². The fourth-order valence-corrected chi connectivity index (χ4v) is 5.70. The van der Waals surface area contributed by atoms with Gasteiger partial charge in [0, 0.05) is 42.7 Å². The molecular weight excluding hydrogens is 572 g/mol. The second kappa shape index (κ2) is 17.1. The van der Waals surface area contributed by atoms with Crippen LogP contribution < -0.4 is 10.6 Å². The molecule has 0 aliphatic carbocycles. The molecule has 4 rings (SSSR count). The molecule has 232 valence electrons. The molecule has 3 aromatic rings. The number of halogens is 2. The zero-order valence-corrected chi connectivity index (χ0v) is 25.6. The minimum Gasteiger partial charge on any atom is -0.390 e. The lowest BCUT2D eigenvalue weighted by molar-refractivity contribution is -0.134. The smallest absolute Gasteiger partial charge is 0.251 e. The molecule has 1 fully saturated rings. The van der Waals surface area contributed by atoms with Gasteiger partial charge in [-0.25, -0.2) is 13.1 Å². The normalized spacial score (nSPS) is 15.3. The largest absolute Gasteiger partial charge is 0.390 e. The second-order valence-corrected chi connectivity index (χ2v) is 12.1. The first-order valence-electron chi connectivity index (χ1n) is 14.4. The summed E-state index contributed by atoms with van der Waals surface area (Å²) < 4.78 is 26.7. The SMILES string of the molecule is CC(C)C(C(=O)NCc1ccccc1)C(O)C(O)CNC(=O)c1ccc(SN2CCCC2)cc1.Cc1cc(F)cc(F)c1. The molecule has 4 N–H and O–H groups in total. The standard InChI is InChI=1S/C26H35N3O4S.C7H6F2/c1-18(2)23(26(33)27-16-19-8-4-3-5-9-19)24(31)22(30)17-28-25(32)20-10-12-21(13-11-20)34-29-14-6-7-15-29;1-5-2-6(8)4-7(9)3-5/h3-5,8-13,18,22-24,30-31H,6-7,14-17H2,1-2H3,(H,27,33)(H,28,32);2-4H,1H3. The van der Waals surface area contributed by atoms with E-state index >= 15 is 0 Å². The summed E-state index contributed by atoms with van der Waals surface area (Å²) in [5.74, 6) is -2.71. The molecule has 2 amide bonds. The van der Waals surface area contributed by atoms with Crippen molar-refractivity contribution < 1.29 is 28.6 Å². The van der Waals surface area contributed by atoms with Crippen molar-refractivity contribution in [2.45, 2.75) is 57.3 Å². The molecule has 3 aromatic carbocycles. The molecule has 7 nitrogen and oxygen atoms in total. The Bertz CT molecular complexity index is 1250.